The summed E-state index contributed by atoms with van der Waals surface area (Å²) in [6.45, 7) is 2.68. The zero-order valence-corrected chi connectivity index (χ0v) is 14.7. The Balaban J connectivity index is 1.72. The third-order valence-corrected chi connectivity index (χ3v) is 5.70. The number of fused-ring (bicyclic) bond motifs is 3. The van der Waals surface area contributed by atoms with Crippen LogP contribution in [0.5, 0.6) is 11.5 Å². The number of allylic oxidation sites excluding steroid dienone is 2. The van der Waals surface area contributed by atoms with Crippen molar-refractivity contribution < 1.29 is 18.3 Å². The maximum absolute atomic E-state index is 14.9. The van der Waals surface area contributed by atoms with Gasteiger partial charge in [-0.2, -0.15) is 0 Å². The zero-order valence-electron chi connectivity index (χ0n) is 13.9. The first-order valence-electron chi connectivity index (χ1n) is 8.42. The molecule has 1 heterocycles. The molecule has 0 aliphatic heterocycles. The van der Waals surface area contributed by atoms with Crippen LogP contribution < -0.4 is 9.47 Å². The van der Waals surface area contributed by atoms with Crippen molar-refractivity contribution >= 4 is 31.5 Å². The van der Waals surface area contributed by atoms with Gasteiger partial charge in [0.2, 0.25) is 0 Å². The van der Waals surface area contributed by atoms with E-state index in [4.69, 9.17) is 9.47 Å². The van der Waals surface area contributed by atoms with Gasteiger partial charge in [0.05, 0.1) is 22.6 Å². The maximum atomic E-state index is 14.9. The van der Waals surface area contributed by atoms with Crippen LogP contribution in [0.4, 0.5) is 8.78 Å². The van der Waals surface area contributed by atoms with Crippen LogP contribution in [0.15, 0.2) is 36.4 Å². The lowest BCUT2D eigenvalue weighted by atomic mass is 10.1. The van der Waals surface area contributed by atoms with Crippen molar-refractivity contribution in [3.63, 3.8) is 0 Å². The van der Waals surface area contributed by atoms with E-state index < -0.39 is 11.6 Å². The second kappa shape index (κ2) is 6.64. The van der Waals surface area contributed by atoms with Crippen molar-refractivity contribution in [3.05, 3.63) is 48.1 Å². The van der Waals surface area contributed by atoms with Crippen molar-refractivity contribution in [3.8, 4) is 11.5 Å². The van der Waals surface area contributed by atoms with E-state index in [1.807, 2.05) is 0 Å². The van der Waals surface area contributed by atoms with E-state index in [-0.39, 0.29) is 11.5 Å². The molecule has 4 rings (SSSR count). The monoisotopic (exact) mass is 360 g/mol. The van der Waals surface area contributed by atoms with E-state index >= 15 is 0 Å². The van der Waals surface area contributed by atoms with E-state index in [2.05, 4.69) is 12.2 Å². The van der Waals surface area contributed by atoms with Gasteiger partial charge in [0.25, 0.3) is 0 Å². The van der Waals surface area contributed by atoms with E-state index in [0.717, 1.165) is 24.2 Å². The standard InChI is InChI=1S/C20H18F2O2S/c1-2-23-15-9-7-13-14-8-10-16(24-11-12-5-3-4-6-12)18(22)20(14)25-19(13)17(15)21/h3-4,7-10,12H,2,5-6,11H2,1H3. The van der Waals surface area contributed by atoms with Gasteiger partial charge in [-0.3, -0.25) is 0 Å². The fourth-order valence-electron chi connectivity index (χ4n) is 3.20. The Hall–Kier alpha value is -2.14. The first-order valence-corrected chi connectivity index (χ1v) is 9.24. The molecule has 0 atom stereocenters. The van der Waals surface area contributed by atoms with Crippen LogP contribution in [0.2, 0.25) is 0 Å². The lowest BCUT2D eigenvalue weighted by molar-refractivity contribution is 0.247. The Morgan fingerprint density at radius 2 is 1.48 bits per heavy atom. The predicted octanol–water partition coefficient (Wildman–Crippen LogP) is 6.08. The maximum Gasteiger partial charge on any atom is 0.182 e. The van der Waals surface area contributed by atoms with Gasteiger partial charge in [-0.25, -0.2) is 8.78 Å². The molecule has 0 N–H and O–H groups in total. The van der Waals surface area contributed by atoms with E-state index in [1.165, 1.54) is 0 Å². The second-order valence-electron chi connectivity index (χ2n) is 6.16. The molecule has 0 saturated carbocycles. The number of halogens is 2. The van der Waals surface area contributed by atoms with Crippen molar-refractivity contribution in [1.82, 2.24) is 0 Å². The molecule has 3 aromatic rings. The molecule has 2 aromatic carbocycles. The summed E-state index contributed by atoms with van der Waals surface area (Å²) >= 11 is 1.10. The number of ether oxygens (including phenoxy) is 2. The fraction of sp³-hybridized carbons (Fsp3) is 0.300. The van der Waals surface area contributed by atoms with Gasteiger partial charge in [-0.1, -0.05) is 12.2 Å². The summed E-state index contributed by atoms with van der Waals surface area (Å²) in [4.78, 5) is 0. The molecule has 1 aliphatic carbocycles. The highest BCUT2D eigenvalue weighted by molar-refractivity contribution is 7.25. The van der Waals surface area contributed by atoms with Crippen LogP contribution in [0.1, 0.15) is 19.8 Å². The first kappa shape index (κ1) is 16.3. The minimum Gasteiger partial charge on any atom is -0.491 e. The van der Waals surface area contributed by atoms with Gasteiger partial charge in [0, 0.05) is 10.8 Å². The average Bonchev–Trinajstić information content (AvgIpc) is 3.25. The van der Waals surface area contributed by atoms with E-state index in [1.54, 1.807) is 31.2 Å². The van der Waals surface area contributed by atoms with Crippen LogP contribution in [-0.2, 0) is 0 Å². The molecule has 130 valence electrons. The smallest absolute Gasteiger partial charge is 0.182 e. The molecule has 0 unspecified atom stereocenters. The SMILES string of the molecule is CCOc1ccc2c(sc3c(F)c(OCC4CC=CC4)ccc32)c1F. The van der Waals surface area contributed by atoms with Crippen molar-refractivity contribution in [2.45, 2.75) is 19.8 Å². The minimum absolute atomic E-state index is 0.201. The molecule has 0 saturated heterocycles. The molecule has 1 aliphatic rings. The zero-order chi connectivity index (χ0) is 17.4. The van der Waals surface area contributed by atoms with Crippen LogP contribution in [-0.4, -0.2) is 13.2 Å². The molecular formula is C20H18F2O2S. The molecule has 1 aromatic heterocycles. The Morgan fingerprint density at radius 3 is 2.04 bits per heavy atom. The molecular weight excluding hydrogens is 342 g/mol. The van der Waals surface area contributed by atoms with Crippen molar-refractivity contribution in [1.29, 1.82) is 0 Å². The number of hydrogen-bond donors (Lipinski definition) is 0. The fourth-order valence-corrected chi connectivity index (χ4v) is 4.36. The number of rotatable bonds is 5. The Labute approximate surface area is 148 Å². The molecule has 0 bridgehead atoms. The lowest BCUT2D eigenvalue weighted by Gasteiger charge is -2.12. The summed E-state index contributed by atoms with van der Waals surface area (Å²) in [7, 11) is 0. The highest BCUT2D eigenvalue weighted by Crippen LogP contribution is 2.41. The third-order valence-electron chi connectivity index (χ3n) is 4.50. The number of thiophene rings is 1. The normalized spacial score (nSPS) is 14.7. The topological polar surface area (TPSA) is 18.5 Å². The Morgan fingerprint density at radius 1 is 0.920 bits per heavy atom. The van der Waals surface area contributed by atoms with Gasteiger partial charge in [0.15, 0.2) is 23.1 Å². The van der Waals surface area contributed by atoms with E-state index in [9.17, 15) is 8.78 Å². The second-order valence-corrected chi connectivity index (χ2v) is 7.18. The number of hydrogen-bond acceptors (Lipinski definition) is 3. The van der Waals surface area contributed by atoms with Crippen molar-refractivity contribution in [2.75, 3.05) is 13.2 Å². The molecule has 2 nitrogen and oxygen atoms in total. The number of benzene rings is 2. The van der Waals surface area contributed by atoms with Gasteiger partial charge in [-0.05, 0) is 49.9 Å². The molecule has 5 heteroatoms. The quantitative estimate of drug-likeness (QED) is 0.514. The van der Waals surface area contributed by atoms with Gasteiger partial charge in [-0.15, -0.1) is 11.3 Å². The highest BCUT2D eigenvalue weighted by Gasteiger charge is 2.19. The summed E-state index contributed by atoms with van der Waals surface area (Å²) in [5, 5.41) is 1.40. The molecule has 0 amide bonds. The third kappa shape index (κ3) is 2.86. The summed E-state index contributed by atoms with van der Waals surface area (Å²) in [6.07, 6.45) is 6.19. The molecule has 0 spiro atoms. The van der Waals surface area contributed by atoms with E-state index in [0.29, 0.717) is 39.3 Å². The summed E-state index contributed by atoms with van der Waals surface area (Å²) in [5.74, 6) is -0.00580. The lowest BCUT2D eigenvalue weighted by Crippen LogP contribution is -2.09. The molecule has 0 radical (unpaired) electrons. The summed E-state index contributed by atoms with van der Waals surface area (Å²) < 4.78 is 41.3. The molecule has 25 heavy (non-hydrogen) atoms. The van der Waals surface area contributed by atoms with Crippen molar-refractivity contribution in [2.24, 2.45) is 5.92 Å². The largest absolute Gasteiger partial charge is 0.491 e. The molecule has 0 fully saturated rings. The Kier molecular flexibility index (Phi) is 4.34. The van der Waals surface area contributed by atoms with Crippen LogP contribution in [0, 0.1) is 17.6 Å². The van der Waals surface area contributed by atoms with Gasteiger partial charge < -0.3 is 9.47 Å². The predicted molar refractivity (Wildman–Crippen MR) is 97.8 cm³/mol. The summed E-state index contributed by atoms with van der Waals surface area (Å²) in [6, 6.07) is 6.83. The Bertz CT molecular complexity index is 953. The first-order chi connectivity index (χ1) is 12.2. The van der Waals surface area contributed by atoms with Gasteiger partial charge >= 0.3 is 0 Å². The minimum atomic E-state index is -0.431. The summed E-state index contributed by atoms with van der Waals surface area (Å²) in [5.41, 5.74) is 0. The van der Waals surface area contributed by atoms with Crippen LogP contribution in [0.3, 0.4) is 0 Å². The average molecular weight is 360 g/mol. The van der Waals surface area contributed by atoms with Gasteiger partial charge in [0.1, 0.15) is 0 Å². The van der Waals surface area contributed by atoms with Crippen LogP contribution >= 0.6 is 11.3 Å². The van der Waals surface area contributed by atoms with Crippen LogP contribution in [0.25, 0.3) is 20.2 Å². The highest BCUT2D eigenvalue weighted by atomic mass is 32.1.